The molecule has 2 heterocycles. The van der Waals surface area contributed by atoms with Gasteiger partial charge in [-0.15, -0.1) is 0 Å². The number of hydrogen-bond donors (Lipinski definition) is 0. The van der Waals surface area contributed by atoms with Crippen molar-refractivity contribution in [2.75, 3.05) is 29.5 Å². The first-order valence-electron chi connectivity index (χ1n) is 15.8. The van der Waals surface area contributed by atoms with Crippen LogP contribution in [-0.2, 0) is 45.1 Å². The van der Waals surface area contributed by atoms with Gasteiger partial charge in [-0.1, -0.05) is 43.7 Å². The molecule has 0 saturated heterocycles. The molecule has 3 unspecified atom stereocenters. The van der Waals surface area contributed by atoms with E-state index < -0.39 is 57.6 Å². The number of nitrogens with zero attached hydrogens (tertiary/aromatic N) is 2. The molecule has 0 amide bonds. The van der Waals surface area contributed by atoms with Crippen LogP contribution in [0.15, 0.2) is 70.8 Å². The van der Waals surface area contributed by atoms with Gasteiger partial charge in [0, 0.05) is 59.1 Å². The molecule has 1 saturated carbocycles. The van der Waals surface area contributed by atoms with Gasteiger partial charge >= 0.3 is 88.7 Å². The van der Waals surface area contributed by atoms with Crippen LogP contribution in [-0.4, -0.2) is 85.1 Å². The second-order valence-electron chi connectivity index (χ2n) is 13.8. The van der Waals surface area contributed by atoms with Crippen LogP contribution in [0.5, 0.6) is 0 Å². The molecule has 53 heavy (non-hydrogen) atoms. The van der Waals surface area contributed by atoms with E-state index in [1.54, 1.807) is 37.0 Å². The third kappa shape index (κ3) is 13.3. The molecule has 1 aromatic carbocycles. The predicted octanol–water partition coefficient (Wildman–Crippen LogP) is -6.36. The molecular formula is C32H41N2Na3O12S4. The van der Waals surface area contributed by atoms with Crippen LogP contribution in [0.4, 0.5) is 5.69 Å². The molecule has 3 aliphatic rings. The van der Waals surface area contributed by atoms with E-state index in [9.17, 15) is 44.2 Å². The second-order valence-corrected chi connectivity index (χ2v) is 19.2. The van der Waals surface area contributed by atoms with Crippen LogP contribution in [0, 0.1) is 11.3 Å². The van der Waals surface area contributed by atoms with Crippen LogP contribution in [0.3, 0.4) is 0 Å². The third-order valence-corrected chi connectivity index (χ3v) is 12.8. The summed E-state index contributed by atoms with van der Waals surface area (Å²) in [7, 11) is -13.8. The fourth-order valence-corrected chi connectivity index (χ4v) is 9.35. The summed E-state index contributed by atoms with van der Waals surface area (Å²) in [5.41, 5.74) is 2.02. The average molecular weight is 843 g/mol. The summed E-state index contributed by atoms with van der Waals surface area (Å²) in [6.45, 7) is 9.47. The molecule has 2 aliphatic heterocycles. The van der Waals surface area contributed by atoms with E-state index in [0.717, 1.165) is 29.4 Å². The summed E-state index contributed by atoms with van der Waals surface area (Å²) < 4.78 is 111. The maximum absolute atomic E-state index is 11.7. The molecule has 0 aromatic heterocycles. The van der Waals surface area contributed by atoms with Crippen molar-refractivity contribution >= 4 is 53.8 Å². The second kappa shape index (κ2) is 20.5. The Labute approximate surface area is 383 Å². The molecular weight excluding hydrogens is 802 g/mol. The number of benzene rings is 1. The zero-order valence-electron chi connectivity index (χ0n) is 31.3. The van der Waals surface area contributed by atoms with Crippen LogP contribution < -0.4 is 98.8 Å². The van der Waals surface area contributed by atoms with E-state index in [4.69, 9.17) is 0 Å². The first kappa shape index (κ1) is 51.6. The van der Waals surface area contributed by atoms with E-state index in [-0.39, 0.29) is 119 Å². The van der Waals surface area contributed by atoms with E-state index in [1.165, 1.54) is 12.1 Å². The van der Waals surface area contributed by atoms with Crippen LogP contribution >= 0.6 is 12.0 Å². The van der Waals surface area contributed by atoms with Gasteiger partial charge in [-0.2, -0.15) is 4.33 Å². The molecule has 1 aromatic rings. The van der Waals surface area contributed by atoms with Gasteiger partial charge < -0.3 is 23.8 Å². The van der Waals surface area contributed by atoms with Gasteiger partial charge in [0.1, 0.15) is 20.2 Å². The largest absolute Gasteiger partial charge is 1.00 e. The zero-order valence-corrected chi connectivity index (χ0v) is 40.6. The normalized spacial score (nSPS) is 23.5. The van der Waals surface area contributed by atoms with E-state index >= 15 is 0 Å². The summed E-state index contributed by atoms with van der Waals surface area (Å²) >= 11 is 0.979. The fraction of sp³-hybridized carbons (Fsp3) is 0.531. The van der Waals surface area contributed by atoms with E-state index in [1.807, 2.05) is 29.7 Å². The topological polar surface area (TPSA) is 219 Å². The summed E-state index contributed by atoms with van der Waals surface area (Å²) in [5, 5.41) is 13.9. The van der Waals surface area contributed by atoms with Gasteiger partial charge in [-0.25, -0.2) is 29.8 Å². The predicted molar refractivity (Wildman–Crippen MR) is 183 cm³/mol. The van der Waals surface area contributed by atoms with Crippen molar-refractivity contribution in [3.8, 4) is 0 Å². The number of anilines is 1. The SMILES string of the molecule is CC(C=C/C=C1/N(CCS(=O)(=O)[O-])c2ccc(S(=O)(=O)[O-])cc2C1(C)C)=CC=CC1=[N+](CCS(=O)(=O)[O-])C2CCC(SOO[O-])CC2C1(C)C.[Na+].[Na+].[Na+]. The molecule has 0 N–H and O–H groups in total. The van der Waals surface area contributed by atoms with E-state index in [0.29, 0.717) is 36.2 Å². The molecule has 1 fully saturated rings. The first-order valence-corrected chi connectivity index (χ1v) is 21.2. The van der Waals surface area contributed by atoms with Crippen molar-refractivity contribution in [2.24, 2.45) is 11.3 Å². The first-order chi connectivity index (χ1) is 23.1. The number of hydrogen-bond acceptors (Lipinski definition) is 14. The van der Waals surface area contributed by atoms with Crippen molar-refractivity contribution in [2.45, 2.75) is 75.5 Å². The van der Waals surface area contributed by atoms with Gasteiger partial charge in [0.15, 0.2) is 18.3 Å². The summed E-state index contributed by atoms with van der Waals surface area (Å²) in [5.74, 6) is -1.13. The van der Waals surface area contributed by atoms with E-state index in [2.05, 4.69) is 23.2 Å². The Hall–Kier alpha value is 0.610. The molecule has 21 heteroatoms. The molecule has 1 aliphatic carbocycles. The molecule has 14 nitrogen and oxygen atoms in total. The van der Waals surface area contributed by atoms with Crippen LogP contribution in [0.1, 0.15) is 59.4 Å². The van der Waals surface area contributed by atoms with Crippen LogP contribution in [0.2, 0.25) is 0 Å². The van der Waals surface area contributed by atoms with Gasteiger partial charge in [-0.05, 0) is 63.5 Å². The van der Waals surface area contributed by atoms with Gasteiger partial charge in [0.25, 0.3) is 0 Å². The van der Waals surface area contributed by atoms with Gasteiger partial charge in [0.05, 0.1) is 31.9 Å². The van der Waals surface area contributed by atoms with Crippen molar-refractivity contribution in [1.82, 2.24) is 0 Å². The van der Waals surface area contributed by atoms with Crippen molar-refractivity contribution in [3.05, 3.63) is 71.5 Å². The Kier molecular flexibility index (Phi) is 20.0. The Morgan fingerprint density at radius 1 is 0.981 bits per heavy atom. The Morgan fingerprint density at radius 2 is 1.62 bits per heavy atom. The summed E-state index contributed by atoms with van der Waals surface area (Å²) in [4.78, 5) is 1.22. The minimum Gasteiger partial charge on any atom is -0.748 e. The molecule has 0 radical (unpaired) electrons. The van der Waals surface area contributed by atoms with Crippen molar-refractivity contribution in [1.29, 1.82) is 0 Å². The maximum atomic E-state index is 11.7. The molecule has 0 bridgehead atoms. The minimum atomic E-state index is -4.75. The Bertz CT molecular complexity index is 1960. The van der Waals surface area contributed by atoms with Crippen LogP contribution in [0.25, 0.3) is 0 Å². The number of fused-ring (bicyclic) bond motifs is 2. The number of rotatable bonds is 14. The Balaban J connectivity index is 0.00000468. The third-order valence-electron chi connectivity index (χ3n) is 9.79. The monoisotopic (exact) mass is 842 g/mol. The molecule has 0 spiro atoms. The Morgan fingerprint density at radius 3 is 2.21 bits per heavy atom. The van der Waals surface area contributed by atoms with Crippen molar-refractivity contribution in [3.63, 3.8) is 0 Å². The maximum Gasteiger partial charge on any atom is 1.00 e. The fourth-order valence-electron chi connectivity index (χ4n) is 7.36. The molecule has 3 atom stereocenters. The van der Waals surface area contributed by atoms with Crippen molar-refractivity contribution < 1.29 is 147 Å². The van der Waals surface area contributed by atoms with Gasteiger partial charge in [0.2, 0.25) is 0 Å². The zero-order chi connectivity index (χ0) is 37.3. The summed E-state index contributed by atoms with van der Waals surface area (Å²) in [6, 6.07) is 3.86. The standard InChI is InChI=1S/C32H44N2O12S4.3Na/c1-22(8-6-10-29-31(2,3)25-20-23(47-46-45-35)12-14-27(25)33(29)16-18-48(36,37)38)9-7-11-30-32(4,5)26-21-24(50(42,43)44)13-15-28(26)34(30)17-19-49(39,40)41;;;/h6-11,13,15,21,23,25,27H,12,14,16-20H2,1-5H3,(H3-,35,36,37,38,39,40,41,42,43,44);;;/q;3*+1/p-3. The minimum absolute atomic E-state index is 0. The van der Waals surface area contributed by atoms with Gasteiger partial charge in [-0.3, -0.25) is 5.04 Å². The number of allylic oxidation sites excluding steroid dienone is 8. The summed E-state index contributed by atoms with van der Waals surface area (Å²) in [6.07, 6.45) is 13.0. The molecule has 278 valence electrons. The smallest absolute Gasteiger partial charge is 0.748 e. The quantitative estimate of drug-likeness (QED) is 0.0324. The molecule has 4 rings (SSSR count). The average Bonchev–Trinajstić information content (AvgIpc) is 3.34.